The summed E-state index contributed by atoms with van der Waals surface area (Å²) in [6.45, 7) is 0. The molecule has 25 heavy (non-hydrogen) atoms. The quantitative estimate of drug-likeness (QED) is 0.609. The third-order valence-corrected chi connectivity index (χ3v) is 4.12. The highest BCUT2D eigenvalue weighted by Crippen LogP contribution is 2.31. The van der Waals surface area contributed by atoms with Crippen molar-refractivity contribution in [2.24, 2.45) is 0 Å². The molecule has 0 atom stereocenters. The number of aromatic nitrogens is 3. The summed E-state index contributed by atoms with van der Waals surface area (Å²) in [7, 11) is 4.07. The molecule has 0 spiro atoms. The van der Waals surface area contributed by atoms with Crippen molar-refractivity contribution in [2.45, 2.75) is 0 Å². The smallest absolute Gasteiger partial charge is 0.157 e. The molecule has 4 rings (SSSR count). The Balaban J connectivity index is 1.83. The first-order chi connectivity index (χ1) is 12.2. The molecule has 0 unspecified atom stereocenters. The first kappa shape index (κ1) is 15.2. The van der Waals surface area contributed by atoms with E-state index in [0.717, 1.165) is 34.1 Å². The summed E-state index contributed by atoms with van der Waals surface area (Å²) < 4.78 is 2.02. The monoisotopic (exact) mass is 329 g/mol. The predicted octanol–water partition coefficient (Wildman–Crippen LogP) is 4.21. The van der Waals surface area contributed by atoms with E-state index in [4.69, 9.17) is 4.98 Å². The van der Waals surface area contributed by atoms with Crippen molar-refractivity contribution in [2.75, 3.05) is 24.3 Å². The van der Waals surface area contributed by atoms with Crippen molar-refractivity contribution >= 4 is 22.8 Å². The minimum absolute atomic E-state index is 0.813. The Morgan fingerprint density at radius 3 is 2.44 bits per heavy atom. The van der Waals surface area contributed by atoms with Gasteiger partial charge in [0, 0.05) is 43.4 Å². The third kappa shape index (κ3) is 2.92. The van der Waals surface area contributed by atoms with Gasteiger partial charge in [0.1, 0.15) is 11.5 Å². The van der Waals surface area contributed by atoms with Gasteiger partial charge in [-0.3, -0.25) is 9.38 Å². The molecule has 0 amide bonds. The first-order valence-electron chi connectivity index (χ1n) is 8.14. The summed E-state index contributed by atoms with van der Waals surface area (Å²) >= 11 is 0. The van der Waals surface area contributed by atoms with E-state index in [1.54, 1.807) is 12.4 Å². The van der Waals surface area contributed by atoms with Crippen LogP contribution in [0.5, 0.6) is 0 Å². The van der Waals surface area contributed by atoms with E-state index in [1.807, 2.05) is 55.0 Å². The fraction of sp³-hybridized carbons (Fsp3) is 0.100. The Hall–Kier alpha value is -3.34. The van der Waals surface area contributed by atoms with Crippen LogP contribution >= 0.6 is 0 Å². The number of anilines is 3. The van der Waals surface area contributed by atoms with Crippen molar-refractivity contribution in [1.29, 1.82) is 0 Å². The van der Waals surface area contributed by atoms with Crippen LogP contribution in [0.4, 0.5) is 17.2 Å². The molecular formula is C20H19N5. The zero-order valence-corrected chi connectivity index (χ0v) is 14.2. The molecule has 0 saturated heterocycles. The van der Waals surface area contributed by atoms with Crippen LogP contribution in [-0.4, -0.2) is 28.5 Å². The Morgan fingerprint density at radius 2 is 1.72 bits per heavy atom. The molecule has 5 nitrogen and oxygen atoms in total. The van der Waals surface area contributed by atoms with Gasteiger partial charge in [0.25, 0.3) is 0 Å². The van der Waals surface area contributed by atoms with Crippen LogP contribution in [0, 0.1) is 0 Å². The number of para-hydroxylation sites is 1. The second-order valence-electron chi connectivity index (χ2n) is 6.05. The van der Waals surface area contributed by atoms with Crippen molar-refractivity contribution < 1.29 is 0 Å². The summed E-state index contributed by atoms with van der Waals surface area (Å²) in [6, 6.07) is 18.5. The third-order valence-electron chi connectivity index (χ3n) is 4.12. The lowest BCUT2D eigenvalue weighted by Gasteiger charge is -2.13. The number of rotatable bonds is 4. The van der Waals surface area contributed by atoms with Gasteiger partial charge >= 0.3 is 0 Å². The van der Waals surface area contributed by atoms with E-state index in [0.29, 0.717) is 0 Å². The van der Waals surface area contributed by atoms with Crippen molar-refractivity contribution in [3.8, 4) is 11.3 Å². The standard InChI is InChI=1S/C20H19N5/c1-24(2)17-10-8-15(9-11-17)19-20(22-16-6-4-3-5-7-16)25-13-12-21-14-18(25)23-19/h3-14,22H,1-2H3. The highest BCUT2D eigenvalue weighted by atomic mass is 15.1. The zero-order chi connectivity index (χ0) is 17.2. The molecule has 2 aromatic heterocycles. The molecule has 0 aliphatic carbocycles. The number of hydrogen-bond acceptors (Lipinski definition) is 4. The maximum Gasteiger partial charge on any atom is 0.157 e. The lowest BCUT2D eigenvalue weighted by molar-refractivity contribution is 1.13. The van der Waals surface area contributed by atoms with Crippen LogP contribution in [0.15, 0.2) is 73.2 Å². The van der Waals surface area contributed by atoms with Gasteiger partial charge in [-0.25, -0.2) is 4.98 Å². The van der Waals surface area contributed by atoms with Crippen LogP contribution in [0.1, 0.15) is 0 Å². The van der Waals surface area contributed by atoms with Crippen LogP contribution in [0.3, 0.4) is 0 Å². The number of fused-ring (bicyclic) bond motifs is 1. The summed E-state index contributed by atoms with van der Waals surface area (Å²) in [5.41, 5.74) is 4.96. The van der Waals surface area contributed by atoms with Crippen molar-refractivity contribution in [3.63, 3.8) is 0 Å². The highest BCUT2D eigenvalue weighted by Gasteiger charge is 2.14. The lowest BCUT2D eigenvalue weighted by atomic mass is 10.1. The molecular weight excluding hydrogens is 310 g/mol. The average molecular weight is 329 g/mol. The topological polar surface area (TPSA) is 45.5 Å². The van der Waals surface area contributed by atoms with E-state index in [-0.39, 0.29) is 0 Å². The number of hydrogen-bond donors (Lipinski definition) is 1. The minimum Gasteiger partial charge on any atom is -0.378 e. The SMILES string of the molecule is CN(C)c1ccc(-c2nc3cnccn3c2Nc2ccccc2)cc1. The van der Waals surface area contributed by atoms with Crippen LogP contribution in [-0.2, 0) is 0 Å². The number of nitrogens with zero attached hydrogens (tertiary/aromatic N) is 4. The minimum atomic E-state index is 0.813. The molecule has 5 heteroatoms. The van der Waals surface area contributed by atoms with Gasteiger partial charge in [-0.15, -0.1) is 0 Å². The van der Waals surface area contributed by atoms with Gasteiger partial charge in [0.15, 0.2) is 5.65 Å². The highest BCUT2D eigenvalue weighted by molar-refractivity contribution is 5.80. The normalized spacial score (nSPS) is 10.8. The summed E-state index contributed by atoms with van der Waals surface area (Å²) in [4.78, 5) is 11.0. The summed E-state index contributed by atoms with van der Waals surface area (Å²) in [5.74, 6) is 0.932. The fourth-order valence-corrected chi connectivity index (χ4v) is 2.80. The lowest BCUT2D eigenvalue weighted by Crippen LogP contribution is -2.07. The van der Waals surface area contributed by atoms with E-state index < -0.39 is 0 Å². The van der Waals surface area contributed by atoms with Gasteiger partial charge in [0.2, 0.25) is 0 Å². The molecule has 124 valence electrons. The second-order valence-corrected chi connectivity index (χ2v) is 6.05. The van der Waals surface area contributed by atoms with E-state index in [9.17, 15) is 0 Å². The van der Waals surface area contributed by atoms with Crippen molar-refractivity contribution in [3.05, 3.63) is 73.2 Å². The van der Waals surface area contributed by atoms with Crippen LogP contribution in [0.25, 0.3) is 16.9 Å². The van der Waals surface area contributed by atoms with E-state index in [1.165, 1.54) is 0 Å². The van der Waals surface area contributed by atoms with Gasteiger partial charge < -0.3 is 10.2 Å². The van der Waals surface area contributed by atoms with Crippen molar-refractivity contribution in [1.82, 2.24) is 14.4 Å². The molecule has 0 aliphatic heterocycles. The maximum atomic E-state index is 4.78. The van der Waals surface area contributed by atoms with Gasteiger partial charge in [-0.05, 0) is 24.3 Å². The zero-order valence-electron chi connectivity index (χ0n) is 14.2. The number of imidazole rings is 1. The van der Waals surface area contributed by atoms with Gasteiger partial charge in [-0.1, -0.05) is 30.3 Å². The molecule has 0 bridgehead atoms. The number of nitrogens with one attached hydrogen (secondary N) is 1. The molecule has 0 radical (unpaired) electrons. The Labute approximate surface area is 146 Å². The molecule has 1 N–H and O–H groups in total. The first-order valence-corrected chi connectivity index (χ1v) is 8.14. The molecule has 0 fully saturated rings. The average Bonchev–Trinajstić information content (AvgIpc) is 3.01. The summed E-state index contributed by atoms with van der Waals surface area (Å²) in [5, 5.41) is 3.49. The fourth-order valence-electron chi connectivity index (χ4n) is 2.80. The molecule has 0 aliphatic rings. The Kier molecular flexibility index (Phi) is 3.82. The molecule has 0 saturated carbocycles. The van der Waals surface area contributed by atoms with Gasteiger partial charge in [-0.2, -0.15) is 0 Å². The number of benzene rings is 2. The van der Waals surface area contributed by atoms with E-state index in [2.05, 4.69) is 39.5 Å². The maximum absolute atomic E-state index is 4.78. The predicted molar refractivity (Wildman–Crippen MR) is 102 cm³/mol. The second kappa shape index (κ2) is 6.28. The van der Waals surface area contributed by atoms with E-state index >= 15 is 0 Å². The van der Waals surface area contributed by atoms with Crippen LogP contribution in [0.2, 0.25) is 0 Å². The molecule has 2 heterocycles. The Morgan fingerprint density at radius 1 is 0.960 bits per heavy atom. The van der Waals surface area contributed by atoms with Crippen LogP contribution < -0.4 is 10.2 Å². The molecule has 2 aromatic carbocycles. The Bertz CT molecular complexity index is 988. The summed E-state index contributed by atoms with van der Waals surface area (Å²) in [6.07, 6.45) is 5.46. The largest absolute Gasteiger partial charge is 0.378 e. The molecule has 4 aromatic rings. The van der Waals surface area contributed by atoms with Gasteiger partial charge in [0.05, 0.1) is 6.20 Å².